The number of aromatic nitrogens is 4. The number of nitrogens with zero attached hydrogens (tertiary/aromatic N) is 3. The maximum Gasteiger partial charge on any atom is 0.256 e. The lowest BCUT2D eigenvalue weighted by Crippen LogP contribution is -2.22. The van der Waals surface area contributed by atoms with Gasteiger partial charge in [-0.15, -0.1) is 11.3 Å². The van der Waals surface area contributed by atoms with Crippen LogP contribution in [-0.2, 0) is 11.2 Å². The lowest BCUT2D eigenvalue weighted by Gasteiger charge is -2.10. The maximum absolute atomic E-state index is 13.0. The molecule has 178 valence electrons. The molecule has 0 saturated heterocycles. The van der Waals surface area contributed by atoms with Crippen LogP contribution in [0.15, 0.2) is 95.1 Å². The Bertz CT molecular complexity index is 1570. The van der Waals surface area contributed by atoms with Gasteiger partial charge < -0.3 is 5.32 Å². The number of carbonyl (C=O) groups excluding carboxylic acids is 1. The molecule has 36 heavy (non-hydrogen) atoms. The Morgan fingerprint density at radius 1 is 1.06 bits per heavy atom. The van der Waals surface area contributed by atoms with Crippen molar-refractivity contribution in [3.8, 4) is 16.5 Å². The largest absolute Gasteiger partial charge is 0.307 e. The highest BCUT2D eigenvalue weighted by Crippen LogP contribution is 2.27. The van der Waals surface area contributed by atoms with Crippen LogP contribution in [0.1, 0.15) is 22.4 Å². The van der Waals surface area contributed by atoms with Gasteiger partial charge in [-0.1, -0.05) is 66.7 Å². The first kappa shape index (κ1) is 23.2. The highest BCUT2D eigenvalue weighted by atomic mass is 32.1. The molecule has 0 fully saturated rings. The van der Waals surface area contributed by atoms with Crippen molar-refractivity contribution in [3.63, 3.8) is 0 Å². The molecule has 2 N–H and O–H groups in total. The van der Waals surface area contributed by atoms with E-state index in [1.165, 1.54) is 22.1 Å². The number of hydrogen-bond acceptors (Lipinski definition) is 5. The fourth-order valence-electron chi connectivity index (χ4n) is 3.78. The SMILES string of the molecule is Cc1nc(-n2nc(-c3cccs3)cc2NC(=O)/C=C\c2ccccc2)[nH]c(=O)c1Cc1ccccc1. The van der Waals surface area contributed by atoms with E-state index in [1.54, 1.807) is 12.1 Å². The summed E-state index contributed by atoms with van der Waals surface area (Å²) >= 11 is 1.53. The topological polar surface area (TPSA) is 92.7 Å². The number of carbonyl (C=O) groups is 1. The molecular formula is C28H23N5O2S. The lowest BCUT2D eigenvalue weighted by molar-refractivity contribution is -0.111. The normalized spacial score (nSPS) is 11.1. The van der Waals surface area contributed by atoms with Crippen LogP contribution in [0, 0.1) is 6.92 Å². The van der Waals surface area contributed by atoms with Crippen molar-refractivity contribution in [2.75, 3.05) is 5.32 Å². The van der Waals surface area contributed by atoms with Gasteiger partial charge in [-0.25, -0.2) is 4.98 Å². The average Bonchev–Trinajstić information content (AvgIpc) is 3.57. The second kappa shape index (κ2) is 10.4. The summed E-state index contributed by atoms with van der Waals surface area (Å²) < 4.78 is 1.46. The fraction of sp³-hybridized carbons (Fsp3) is 0.0714. The van der Waals surface area contributed by atoms with Gasteiger partial charge in [-0.05, 0) is 35.6 Å². The third-order valence-corrected chi connectivity index (χ3v) is 6.49. The molecule has 5 aromatic rings. The number of aryl methyl sites for hydroxylation is 1. The molecule has 8 heteroatoms. The van der Waals surface area contributed by atoms with E-state index in [0.29, 0.717) is 29.2 Å². The quantitative estimate of drug-likeness (QED) is 0.304. The minimum Gasteiger partial charge on any atom is -0.307 e. The second-order valence-corrected chi connectivity index (χ2v) is 9.10. The Morgan fingerprint density at radius 3 is 2.50 bits per heavy atom. The summed E-state index contributed by atoms with van der Waals surface area (Å²) in [5, 5.41) is 9.47. The zero-order valence-electron chi connectivity index (χ0n) is 19.5. The molecule has 0 aliphatic rings. The smallest absolute Gasteiger partial charge is 0.256 e. The summed E-state index contributed by atoms with van der Waals surface area (Å²) in [7, 11) is 0. The van der Waals surface area contributed by atoms with Gasteiger partial charge in [-0.2, -0.15) is 9.78 Å². The summed E-state index contributed by atoms with van der Waals surface area (Å²) in [6.45, 7) is 1.81. The van der Waals surface area contributed by atoms with E-state index >= 15 is 0 Å². The number of benzene rings is 2. The molecule has 0 aliphatic heterocycles. The Balaban J connectivity index is 1.48. The molecule has 2 aromatic carbocycles. The molecule has 1 amide bonds. The number of H-pyrrole nitrogens is 1. The summed E-state index contributed by atoms with van der Waals surface area (Å²) in [6, 6.07) is 25.0. The molecule has 5 rings (SSSR count). The molecule has 0 bridgehead atoms. The van der Waals surface area contributed by atoms with Crippen LogP contribution >= 0.6 is 11.3 Å². The Morgan fingerprint density at radius 2 is 1.81 bits per heavy atom. The second-order valence-electron chi connectivity index (χ2n) is 8.15. The minimum absolute atomic E-state index is 0.236. The zero-order valence-corrected chi connectivity index (χ0v) is 20.3. The van der Waals surface area contributed by atoms with Crippen LogP contribution in [-0.4, -0.2) is 25.7 Å². The molecule has 0 saturated carbocycles. The summed E-state index contributed by atoms with van der Waals surface area (Å²) in [6.07, 6.45) is 3.67. The lowest BCUT2D eigenvalue weighted by atomic mass is 10.1. The van der Waals surface area contributed by atoms with Crippen LogP contribution in [0.25, 0.3) is 22.6 Å². The van der Waals surface area contributed by atoms with Crippen LogP contribution in [0.4, 0.5) is 5.82 Å². The third kappa shape index (κ3) is 5.24. The number of nitrogens with one attached hydrogen (secondary N) is 2. The van der Waals surface area contributed by atoms with Crippen molar-refractivity contribution in [3.05, 3.63) is 123 Å². The molecule has 3 heterocycles. The summed E-state index contributed by atoms with van der Waals surface area (Å²) in [5.74, 6) is 0.316. The number of hydrogen-bond donors (Lipinski definition) is 2. The van der Waals surface area contributed by atoms with Crippen molar-refractivity contribution in [2.24, 2.45) is 0 Å². The molecule has 3 aromatic heterocycles. The molecule has 0 atom stereocenters. The first-order valence-corrected chi connectivity index (χ1v) is 12.3. The Labute approximate surface area is 211 Å². The van der Waals surface area contributed by atoms with Crippen LogP contribution in [0.5, 0.6) is 0 Å². The van der Waals surface area contributed by atoms with Gasteiger partial charge >= 0.3 is 0 Å². The molecule has 7 nitrogen and oxygen atoms in total. The first-order valence-electron chi connectivity index (χ1n) is 11.4. The highest BCUT2D eigenvalue weighted by molar-refractivity contribution is 7.13. The van der Waals surface area contributed by atoms with Gasteiger partial charge in [-0.3, -0.25) is 14.6 Å². The molecular weight excluding hydrogens is 470 g/mol. The van der Waals surface area contributed by atoms with Gasteiger partial charge in [0.1, 0.15) is 11.5 Å². The predicted octanol–water partition coefficient (Wildman–Crippen LogP) is 5.24. The van der Waals surface area contributed by atoms with Crippen LogP contribution in [0.2, 0.25) is 0 Å². The third-order valence-electron chi connectivity index (χ3n) is 5.60. The van der Waals surface area contributed by atoms with E-state index in [9.17, 15) is 9.59 Å². The fourth-order valence-corrected chi connectivity index (χ4v) is 4.47. The van der Waals surface area contributed by atoms with Crippen molar-refractivity contribution < 1.29 is 4.79 Å². The van der Waals surface area contributed by atoms with E-state index in [4.69, 9.17) is 0 Å². The van der Waals surface area contributed by atoms with Gasteiger partial charge in [0.05, 0.1) is 10.6 Å². The average molecular weight is 494 g/mol. The minimum atomic E-state index is -0.322. The van der Waals surface area contributed by atoms with Crippen molar-refractivity contribution in [2.45, 2.75) is 13.3 Å². The van der Waals surface area contributed by atoms with Gasteiger partial charge in [0.15, 0.2) is 0 Å². The number of rotatable bonds is 7. The summed E-state index contributed by atoms with van der Waals surface area (Å²) in [4.78, 5) is 34.2. The van der Waals surface area contributed by atoms with E-state index in [0.717, 1.165) is 16.0 Å². The monoisotopic (exact) mass is 493 g/mol. The van der Waals surface area contributed by atoms with Crippen LogP contribution in [0.3, 0.4) is 0 Å². The standard InChI is InChI=1S/C28H23N5O2S/c1-19-22(17-21-11-6-3-7-12-21)27(35)31-28(29-19)33-25(18-23(32-33)24-13-8-16-36-24)30-26(34)15-14-20-9-4-2-5-10-20/h2-16,18H,17H2,1H3,(H,30,34)(H,29,31,35)/b15-14-. The molecule has 0 unspecified atom stereocenters. The van der Waals surface area contributed by atoms with E-state index in [1.807, 2.05) is 85.1 Å². The van der Waals surface area contributed by atoms with Crippen molar-refractivity contribution in [1.82, 2.24) is 19.7 Å². The van der Waals surface area contributed by atoms with Crippen LogP contribution < -0.4 is 10.9 Å². The van der Waals surface area contributed by atoms with Gasteiger partial charge in [0.2, 0.25) is 11.9 Å². The predicted molar refractivity (Wildman–Crippen MR) is 143 cm³/mol. The van der Waals surface area contributed by atoms with Crippen molar-refractivity contribution in [1.29, 1.82) is 0 Å². The number of aromatic amines is 1. The van der Waals surface area contributed by atoms with Gasteiger partial charge in [0.25, 0.3) is 5.56 Å². The Hall–Kier alpha value is -4.56. The molecule has 0 spiro atoms. The van der Waals surface area contributed by atoms with E-state index in [2.05, 4.69) is 20.4 Å². The highest BCUT2D eigenvalue weighted by Gasteiger charge is 2.17. The first-order chi connectivity index (χ1) is 17.6. The van der Waals surface area contributed by atoms with Crippen molar-refractivity contribution >= 4 is 29.1 Å². The maximum atomic E-state index is 13.0. The molecule has 0 radical (unpaired) electrons. The van der Waals surface area contributed by atoms with E-state index < -0.39 is 0 Å². The number of amides is 1. The molecule has 0 aliphatic carbocycles. The number of thiophene rings is 1. The van der Waals surface area contributed by atoms with Gasteiger partial charge in [0, 0.05) is 24.1 Å². The number of anilines is 1. The summed E-state index contributed by atoms with van der Waals surface area (Å²) in [5.41, 5.74) is 3.56. The zero-order chi connectivity index (χ0) is 24.9. The van der Waals surface area contributed by atoms with E-state index in [-0.39, 0.29) is 17.4 Å². The Kier molecular flexibility index (Phi) is 6.68.